The van der Waals surface area contributed by atoms with Crippen LogP contribution >= 0.6 is 0 Å². The number of nitrogens with one attached hydrogen (secondary N) is 2. The highest BCUT2D eigenvalue weighted by atomic mass is 16.5. The summed E-state index contributed by atoms with van der Waals surface area (Å²) in [7, 11) is 0. The Morgan fingerprint density at radius 1 is 1.47 bits per heavy atom. The molecule has 0 unspecified atom stereocenters. The summed E-state index contributed by atoms with van der Waals surface area (Å²) in [5.74, 6) is 0.0242. The van der Waals surface area contributed by atoms with Gasteiger partial charge in [-0.1, -0.05) is 6.08 Å². The first-order valence-electron chi connectivity index (χ1n) is 5.35. The largest absolute Gasteiger partial charge is 0.380 e. The standard InChI is InChI=1S/C11H22N2O2/c1-4-5-7-15-8-6-12-9-11(14)13-10(2)3/h4,10,12H,1,5-9H2,2-3H3,(H,13,14). The molecule has 0 saturated carbocycles. The zero-order valence-corrected chi connectivity index (χ0v) is 9.71. The molecule has 0 rings (SSSR count). The van der Waals surface area contributed by atoms with Crippen molar-refractivity contribution in [2.24, 2.45) is 0 Å². The van der Waals surface area contributed by atoms with Crippen molar-refractivity contribution in [1.29, 1.82) is 0 Å². The van der Waals surface area contributed by atoms with Gasteiger partial charge < -0.3 is 15.4 Å². The Balaban J connectivity index is 3.16. The Bertz CT molecular complexity index is 181. The van der Waals surface area contributed by atoms with Gasteiger partial charge in [0.2, 0.25) is 5.91 Å². The minimum absolute atomic E-state index is 0.0242. The molecule has 0 aliphatic rings. The van der Waals surface area contributed by atoms with Gasteiger partial charge >= 0.3 is 0 Å². The van der Waals surface area contributed by atoms with Crippen LogP contribution < -0.4 is 10.6 Å². The summed E-state index contributed by atoms with van der Waals surface area (Å²) >= 11 is 0. The SMILES string of the molecule is C=CCCOCCNCC(=O)NC(C)C. The summed E-state index contributed by atoms with van der Waals surface area (Å²) in [6.45, 7) is 9.85. The summed E-state index contributed by atoms with van der Waals surface area (Å²) in [6, 6.07) is 0.197. The van der Waals surface area contributed by atoms with E-state index >= 15 is 0 Å². The number of rotatable bonds is 9. The molecule has 0 spiro atoms. The average Bonchev–Trinajstić information content (AvgIpc) is 2.15. The van der Waals surface area contributed by atoms with Crippen molar-refractivity contribution < 1.29 is 9.53 Å². The third-order valence-electron chi connectivity index (χ3n) is 1.62. The molecule has 0 fully saturated rings. The van der Waals surface area contributed by atoms with E-state index in [4.69, 9.17) is 4.74 Å². The molecule has 1 amide bonds. The maximum atomic E-state index is 11.2. The van der Waals surface area contributed by atoms with Crippen LogP contribution in [0.15, 0.2) is 12.7 Å². The summed E-state index contributed by atoms with van der Waals surface area (Å²) in [6.07, 6.45) is 2.69. The second kappa shape index (κ2) is 9.68. The van der Waals surface area contributed by atoms with E-state index in [-0.39, 0.29) is 11.9 Å². The lowest BCUT2D eigenvalue weighted by atomic mass is 10.4. The molecule has 88 valence electrons. The lowest BCUT2D eigenvalue weighted by molar-refractivity contribution is -0.120. The molecular formula is C11H22N2O2. The molecule has 0 aromatic rings. The average molecular weight is 214 g/mol. The highest BCUT2D eigenvalue weighted by Gasteiger charge is 2.01. The molecule has 0 aliphatic heterocycles. The normalized spacial score (nSPS) is 10.3. The lowest BCUT2D eigenvalue weighted by Gasteiger charge is -2.09. The van der Waals surface area contributed by atoms with Gasteiger partial charge in [-0.15, -0.1) is 6.58 Å². The summed E-state index contributed by atoms with van der Waals surface area (Å²) in [5.41, 5.74) is 0. The van der Waals surface area contributed by atoms with Crippen LogP contribution in [0.4, 0.5) is 0 Å². The molecule has 4 heteroatoms. The van der Waals surface area contributed by atoms with E-state index < -0.39 is 0 Å². The number of hydrogen-bond donors (Lipinski definition) is 2. The fraction of sp³-hybridized carbons (Fsp3) is 0.727. The topological polar surface area (TPSA) is 50.4 Å². The second-order valence-electron chi connectivity index (χ2n) is 3.59. The van der Waals surface area contributed by atoms with Crippen molar-refractivity contribution in [3.8, 4) is 0 Å². The van der Waals surface area contributed by atoms with E-state index in [1.807, 2.05) is 19.9 Å². The molecule has 0 atom stereocenters. The number of carbonyl (C=O) groups excluding carboxylic acids is 1. The maximum Gasteiger partial charge on any atom is 0.234 e. The Kier molecular flexibility index (Phi) is 9.11. The van der Waals surface area contributed by atoms with Crippen LogP contribution in [0.5, 0.6) is 0 Å². The van der Waals surface area contributed by atoms with Crippen molar-refractivity contribution in [3.05, 3.63) is 12.7 Å². The molecule has 0 radical (unpaired) electrons. The third kappa shape index (κ3) is 11.1. The summed E-state index contributed by atoms with van der Waals surface area (Å²) in [4.78, 5) is 11.2. The van der Waals surface area contributed by atoms with Gasteiger partial charge in [0, 0.05) is 12.6 Å². The minimum Gasteiger partial charge on any atom is -0.380 e. The van der Waals surface area contributed by atoms with Crippen LogP contribution in [0.2, 0.25) is 0 Å². The van der Waals surface area contributed by atoms with Gasteiger partial charge in [-0.2, -0.15) is 0 Å². The van der Waals surface area contributed by atoms with E-state index in [2.05, 4.69) is 17.2 Å². The molecule has 0 aliphatic carbocycles. The minimum atomic E-state index is 0.0242. The Morgan fingerprint density at radius 2 is 2.20 bits per heavy atom. The van der Waals surface area contributed by atoms with Crippen LogP contribution in [-0.4, -0.2) is 38.3 Å². The van der Waals surface area contributed by atoms with Crippen LogP contribution in [0.1, 0.15) is 20.3 Å². The number of carbonyl (C=O) groups is 1. The zero-order valence-electron chi connectivity index (χ0n) is 9.71. The van der Waals surface area contributed by atoms with Gasteiger partial charge in [0.15, 0.2) is 0 Å². The van der Waals surface area contributed by atoms with Gasteiger partial charge in [0.25, 0.3) is 0 Å². The molecule has 0 heterocycles. The van der Waals surface area contributed by atoms with Crippen LogP contribution in [0, 0.1) is 0 Å². The Morgan fingerprint density at radius 3 is 2.80 bits per heavy atom. The molecule has 0 aromatic heterocycles. The predicted octanol–water partition coefficient (Wildman–Crippen LogP) is 0.693. The van der Waals surface area contributed by atoms with Crippen molar-refractivity contribution in [3.63, 3.8) is 0 Å². The van der Waals surface area contributed by atoms with Gasteiger partial charge in [0.1, 0.15) is 0 Å². The third-order valence-corrected chi connectivity index (χ3v) is 1.62. The molecule has 2 N–H and O–H groups in total. The lowest BCUT2D eigenvalue weighted by Crippen LogP contribution is -2.38. The first kappa shape index (κ1) is 14.1. The molecule has 4 nitrogen and oxygen atoms in total. The number of ether oxygens (including phenoxy) is 1. The van der Waals surface area contributed by atoms with E-state index in [9.17, 15) is 4.79 Å². The van der Waals surface area contributed by atoms with E-state index in [0.717, 1.165) is 6.42 Å². The molecular weight excluding hydrogens is 192 g/mol. The molecule has 0 aromatic carbocycles. The van der Waals surface area contributed by atoms with Crippen molar-refractivity contribution >= 4 is 5.91 Å². The van der Waals surface area contributed by atoms with Gasteiger partial charge in [-0.25, -0.2) is 0 Å². The van der Waals surface area contributed by atoms with Crippen molar-refractivity contribution in [2.45, 2.75) is 26.3 Å². The highest BCUT2D eigenvalue weighted by Crippen LogP contribution is 1.81. The monoisotopic (exact) mass is 214 g/mol. The fourth-order valence-corrected chi connectivity index (χ4v) is 0.988. The zero-order chi connectivity index (χ0) is 11.5. The first-order valence-corrected chi connectivity index (χ1v) is 5.35. The smallest absolute Gasteiger partial charge is 0.234 e. The van der Waals surface area contributed by atoms with Crippen LogP contribution in [0.25, 0.3) is 0 Å². The van der Waals surface area contributed by atoms with Crippen LogP contribution in [-0.2, 0) is 9.53 Å². The first-order chi connectivity index (χ1) is 7.16. The van der Waals surface area contributed by atoms with Gasteiger partial charge in [-0.05, 0) is 20.3 Å². The summed E-state index contributed by atoms with van der Waals surface area (Å²) < 4.78 is 5.27. The predicted molar refractivity (Wildman–Crippen MR) is 61.8 cm³/mol. The van der Waals surface area contributed by atoms with E-state index in [1.165, 1.54) is 0 Å². The van der Waals surface area contributed by atoms with E-state index in [1.54, 1.807) is 0 Å². The van der Waals surface area contributed by atoms with E-state index in [0.29, 0.717) is 26.3 Å². The maximum absolute atomic E-state index is 11.2. The number of amides is 1. The van der Waals surface area contributed by atoms with Gasteiger partial charge in [-0.3, -0.25) is 4.79 Å². The molecule has 15 heavy (non-hydrogen) atoms. The highest BCUT2D eigenvalue weighted by molar-refractivity contribution is 5.78. The Hall–Kier alpha value is -0.870. The van der Waals surface area contributed by atoms with Crippen LogP contribution in [0.3, 0.4) is 0 Å². The van der Waals surface area contributed by atoms with Gasteiger partial charge in [0.05, 0.1) is 19.8 Å². The van der Waals surface area contributed by atoms with Crippen molar-refractivity contribution in [2.75, 3.05) is 26.3 Å². The fourth-order valence-electron chi connectivity index (χ4n) is 0.988. The second-order valence-corrected chi connectivity index (χ2v) is 3.59. The number of hydrogen-bond acceptors (Lipinski definition) is 3. The summed E-state index contributed by atoms with van der Waals surface area (Å²) in [5, 5.41) is 5.80. The van der Waals surface area contributed by atoms with Crippen molar-refractivity contribution in [1.82, 2.24) is 10.6 Å². The quantitative estimate of drug-likeness (QED) is 0.438. The molecule has 0 saturated heterocycles. The Labute approximate surface area is 92.1 Å². The molecule has 0 bridgehead atoms.